The van der Waals surface area contributed by atoms with Crippen LogP contribution in [0.25, 0.3) is 0 Å². The van der Waals surface area contributed by atoms with E-state index in [1.807, 2.05) is 35.2 Å². The highest BCUT2D eigenvalue weighted by atomic mass is 16.5. The van der Waals surface area contributed by atoms with E-state index in [1.54, 1.807) is 36.4 Å². The lowest BCUT2D eigenvalue weighted by Crippen LogP contribution is -2.32. The monoisotopic (exact) mass is 349 g/mol. The zero-order valence-electron chi connectivity index (χ0n) is 14.4. The largest absolute Gasteiger partial charge is 0.437 e. The Bertz CT molecular complexity index is 909. The van der Waals surface area contributed by atoms with Crippen LogP contribution >= 0.6 is 0 Å². The van der Waals surface area contributed by atoms with Crippen molar-refractivity contribution in [1.82, 2.24) is 24.6 Å². The minimum absolute atomic E-state index is 0.0383. The summed E-state index contributed by atoms with van der Waals surface area (Å²) in [5.74, 6) is 1.09. The Morgan fingerprint density at radius 1 is 1.19 bits per heavy atom. The Morgan fingerprint density at radius 2 is 2.04 bits per heavy atom. The third-order valence-corrected chi connectivity index (χ3v) is 4.49. The van der Waals surface area contributed by atoms with E-state index in [0.717, 1.165) is 18.5 Å². The minimum Gasteiger partial charge on any atom is -0.437 e. The molecule has 0 saturated carbocycles. The number of hydrogen-bond acceptors (Lipinski definition) is 5. The van der Waals surface area contributed by atoms with E-state index in [9.17, 15) is 4.79 Å². The van der Waals surface area contributed by atoms with Gasteiger partial charge in [-0.05, 0) is 31.0 Å². The molecule has 26 heavy (non-hydrogen) atoms. The summed E-state index contributed by atoms with van der Waals surface area (Å²) >= 11 is 0. The van der Waals surface area contributed by atoms with Crippen molar-refractivity contribution in [2.45, 2.75) is 18.9 Å². The molecule has 1 saturated heterocycles. The molecule has 7 nitrogen and oxygen atoms in total. The van der Waals surface area contributed by atoms with E-state index in [0.29, 0.717) is 23.9 Å². The Kier molecular flexibility index (Phi) is 4.35. The van der Waals surface area contributed by atoms with Crippen LogP contribution < -0.4 is 4.74 Å². The van der Waals surface area contributed by atoms with E-state index in [-0.39, 0.29) is 11.9 Å². The van der Waals surface area contributed by atoms with Gasteiger partial charge in [-0.1, -0.05) is 18.2 Å². The summed E-state index contributed by atoms with van der Waals surface area (Å²) in [5.41, 5.74) is 1.31. The molecule has 132 valence electrons. The molecular weight excluding hydrogens is 330 g/mol. The van der Waals surface area contributed by atoms with Gasteiger partial charge in [0.05, 0.1) is 24.1 Å². The van der Waals surface area contributed by atoms with Crippen LogP contribution in [-0.2, 0) is 7.05 Å². The van der Waals surface area contributed by atoms with Crippen molar-refractivity contribution in [3.05, 3.63) is 66.4 Å². The van der Waals surface area contributed by atoms with Crippen molar-refractivity contribution in [3.63, 3.8) is 0 Å². The number of para-hydroxylation sites is 1. The van der Waals surface area contributed by atoms with Gasteiger partial charge in [0, 0.05) is 19.8 Å². The lowest BCUT2D eigenvalue weighted by atomic mass is 10.1. The molecule has 0 bridgehead atoms. The molecule has 7 heteroatoms. The third-order valence-electron chi connectivity index (χ3n) is 4.49. The van der Waals surface area contributed by atoms with Crippen LogP contribution in [-0.4, -0.2) is 37.1 Å². The number of likely N-dealkylation sites (tertiary alicyclic amines) is 1. The first-order valence-electron chi connectivity index (χ1n) is 8.56. The molecule has 3 aromatic rings. The van der Waals surface area contributed by atoms with Gasteiger partial charge in [0.15, 0.2) is 0 Å². The Labute approximate surface area is 151 Å². The van der Waals surface area contributed by atoms with Crippen molar-refractivity contribution < 1.29 is 9.53 Å². The van der Waals surface area contributed by atoms with Gasteiger partial charge >= 0.3 is 0 Å². The highest BCUT2D eigenvalue weighted by molar-refractivity contribution is 5.93. The lowest BCUT2D eigenvalue weighted by molar-refractivity contribution is 0.0721. The van der Waals surface area contributed by atoms with Gasteiger partial charge < -0.3 is 9.64 Å². The highest BCUT2D eigenvalue weighted by Gasteiger charge is 2.33. The summed E-state index contributed by atoms with van der Waals surface area (Å²) < 4.78 is 7.37. The van der Waals surface area contributed by atoms with Crippen LogP contribution in [0.2, 0.25) is 0 Å². The number of nitrogens with zero attached hydrogens (tertiary/aromatic N) is 5. The molecule has 1 fully saturated rings. The number of carbonyl (C=O) groups excluding carboxylic acids is 1. The Balaban J connectivity index is 1.57. The summed E-state index contributed by atoms with van der Waals surface area (Å²) in [6, 6.07) is 11.1. The van der Waals surface area contributed by atoms with Crippen molar-refractivity contribution >= 4 is 5.91 Å². The fraction of sp³-hybridized carbons (Fsp3) is 0.263. The van der Waals surface area contributed by atoms with E-state index in [4.69, 9.17) is 4.74 Å². The molecule has 4 rings (SSSR count). The molecule has 0 radical (unpaired) electrons. The van der Waals surface area contributed by atoms with Gasteiger partial charge in [0.2, 0.25) is 5.88 Å². The van der Waals surface area contributed by atoms with Gasteiger partial charge in [-0.15, -0.1) is 0 Å². The number of amides is 1. The van der Waals surface area contributed by atoms with Crippen LogP contribution in [0, 0.1) is 0 Å². The average Bonchev–Trinajstić information content (AvgIpc) is 3.31. The maximum atomic E-state index is 12.9. The summed E-state index contributed by atoms with van der Waals surface area (Å²) in [6.07, 6.45) is 6.70. The quantitative estimate of drug-likeness (QED) is 0.724. The van der Waals surface area contributed by atoms with Crippen LogP contribution in [0.3, 0.4) is 0 Å². The zero-order chi connectivity index (χ0) is 17.9. The second-order valence-corrected chi connectivity index (χ2v) is 6.19. The molecule has 1 aliphatic heterocycles. The Hall–Kier alpha value is -3.22. The van der Waals surface area contributed by atoms with Gasteiger partial charge in [-0.2, -0.15) is 5.10 Å². The van der Waals surface area contributed by atoms with Gasteiger partial charge in [0.1, 0.15) is 11.4 Å². The van der Waals surface area contributed by atoms with Crippen molar-refractivity contribution in [1.29, 1.82) is 0 Å². The van der Waals surface area contributed by atoms with Crippen molar-refractivity contribution in [2.75, 3.05) is 6.54 Å². The van der Waals surface area contributed by atoms with Crippen LogP contribution in [0.15, 0.2) is 55.0 Å². The first-order chi connectivity index (χ1) is 12.7. The molecule has 1 amide bonds. The van der Waals surface area contributed by atoms with Gasteiger partial charge in [0.25, 0.3) is 5.91 Å². The zero-order valence-corrected chi connectivity index (χ0v) is 14.4. The first kappa shape index (κ1) is 16.3. The summed E-state index contributed by atoms with van der Waals surface area (Å²) in [5, 5.41) is 4.09. The number of hydrogen-bond donors (Lipinski definition) is 0. The molecule has 3 heterocycles. The summed E-state index contributed by atoms with van der Waals surface area (Å²) in [6.45, 7) is 0.695. The minimum atomic E-state index is -0.107. The second kappa shape index (κ2) is 6.95. The molecule has 2 aromatic heterocycles. The number of benzene rings is 1. The van der Waals surface area contributed by atoms with E-state index in [2.05, 4.69) is 15.1 Å². The molecular formula is C19H19N5O2. The maximum absolute atomic E-state index is 12.9. The summed E-state index contributed by atoms with van der Waals surface area (Å²) in [4.78, 5) is 23.6. The maximum Gasteiger partial charge on any atom is 0.272 e. The smallest absolute Gasteiger partial charge is 0.272 e. The number of aromatic nitrogens is 4. The molecule has 1 aliphatic rings. The highest BCUT2D eigenvalue weighted by Crippen LogP contribution is 2.32. The fourth-order valence-corrected chi connectivity index (χ4v) is 3.23. The van der Waals surface area contributed by atoms with Crippen molar-refractivity contribution in [3.8, 4) is 11.6 Å². The molecule has 0 aliphatic carbocycles. The number of rotatable bonds is 4. The standard InChI is InChI=1S/C19H19N5O2/c1-23-17(9-10-21-23)19(25)24-11-5-8-16(24)15-12-20-13-18(22-15)26-14-6-3-2-4-7-14/h2-4,6-7,9-10,12-13,16H,5,8,11H2,1H3. The van der Waals surface area contributed by atoms with E-state index >= 15 is 0 Å². The second-order valence-electron chi connectivity index (χ2n) is 6.19. The van der Waals surface area contributed by atoms with Crippen LogP contribution in [0.5, 0.6) is 11.6 Å². The Morgan fingerprint density at radius 3 is 2.81 bits per heavy atom. The molecule has 1 aromatic carbocycles. The SMILES string of the molecule is Cn1nccc1C(=O)N1CCCC1c1cncc(Oc2ccccc2)n1. The van der Waals surface area contributed by atoms with Crippen molar-refractivity contribution in [2.24, 2.45) is 7.05 Å². The lowest BCUT2D eigenvalue weighted by Gasteiger charge is -2.24. The molecule has 1 unspecified atom stereocenters. The summed E-state index contributed by atoms with van der Waals surface area (Å²) in [7, 11) is 1.77. The van der Waals surface area contributed by atoms with E-state index in [1.165, 1.54) is 0 Å². The molecule has 0 spiro atoms. The topological polar surface area (TPSA) is 73.1 Å². The number of ether oxygens (including phenoxy) is 1. The van der Waals surface area contributed by atoms with Gasteiger partial charge in [-0.3, -0.25) is 14.5 Å². The van der Waals surface area contributed by atoms with E-state index < -0.39 is 0 Å². The number of carbonyl (C=O) groups is 1. The first-order valence-corrected chi connectivity index (χ1v) is 8.56. The van der Waals surface area contributed by atoms with Gasteiger partial charge in [-0.25, -0.2) is 4.98 Å². The normalized spacial score (nSPS) is 16.7. The predicted molar refractivity (Wildman–Crippen MR) is 94.8 cm³/mol. The van der Waals surface area contributed by atoms with Crippen LogP contribution in [0.4, 0.5) is 0 Å². The molecule has 1 atom stereocenters. The fourth-order valence-electron chi connectivity index (χ4n) is 3.23. The average molecular weight is 349 g/mol. The number of aryl methyl sites for hydroxylation is 1. The third kappa shape index (κ3) is 3.15. The van der Waals surface area contributed by atoms with Crippen LogP contribution in [0.1, 0.15) is 35.1 Å². The molecule has 0 N–H and O–H groups in total. The predicted octanol–water partition coefficient (Wildman–Crippen LogP) is 2.98.